The van der Waals surface area contributed by atoms with Crippen molar-refractivity contribution in [2.75, 3.05) is 26.8 Å². The van der Waals surface area contributed by atoms with Crippen LogP contribution in [0.25, 0.3) is 0 Å². The fourth-order valence-electron chi connectivity index (χ4n) is 1.91. The van der Waals surface area contributed by atoms with Crippen LogP contribution in [0.2, 0.25) is 0 Å². The molecule has 0 aromatic rings. The first kappa shape index (κ1) is 12.5. The molecule has 2 N–H and O–H groups in total. The quantitative estimate of drug-likeness (QED) is 0.696. The Hall–Kier alpha value is -0.610. The number of ether oxygens (including phenoxy) is 1. The van der Waals surface area contributed by atoms with Gasteiger partial charge in [0.1, 0.15) is 0 Å². The standard InChI is InChI=1S/C11H22N2O2/c1-8(7-15-3)6-13-11(14)10-9(2)4-5-12-10/h8-10,12H,4-7H2,1-3H3,(H,13,14). The van der Waals surface area contributed by atoms with E-state index in [4.69, 9.17) is 4.74 Å². The van der Waals surface area contributed by atoms with Crippen LogP contribution in [-0.4, -0.2) is 38.8 Å². The summed E-state index contributed by atoms with van der Waals surface area (Å²) in [5, 5.41) is 6.18. The van der Waals surface area contributed by atoms with E-state index in [2.05, 4.69) is 24.5 Å². The van der Waals surface area contributed by atoms with E-state index in [1.54, 1.807) is 7.11 Å². The van der Waals surface area contributed by atoms with Crippen LogP contribution in [0, 0.1) is 11.8 Å². The van der Waals surface area contributed by atoms with Gasteiger partial charge >= 0.3 is 0 Å². The largest absolute Gasteiger partial charge is 0.384 e. The second kappa shape index (κ2) is 6.08. The Kier molecular flexibility index (Phi) is 5.05. The molecule has 1 aliphatic heterocycles. The van der Waals surface area contributed by atoms with E-state index < -0.39 is 0 Å². The molecular weight excluding hydrogens is 192 g/mol. The predicted molar refractivity (Wildman–Crippen MR) is 59.6 cm³/mol. The van der Waals surface area contributed by atoms with Crippen LogP contribution in [0.1, 0.15) is 20.3 Å². The molecule has 0 aromatic carbocycles. The second-order valence-corrected chi connectivity index (χ2v) is 4.50. The number of carbonyl (C=O) groups excluding carboxylic acids is 1. The molecule has 1 heterocycles. The van der Waals surface area contributed by atoms with Crippen LogP contribution >= 0.6 is 0 Å². The zero-order chi connectivity index (χ0) is 11.3. The van der Waals surface area contributed by atoms with Crippen molar-refractivity contribution in [1.82, 2.24) is 10.6 Å². The van der Waals surface area contributed by atoms with E-state index in [9.17, 15) is 4.79 Å². The van der Waals surface area contributed by atoms with Crippen molar-refractivity contribution in [1.29, 1.82) is 0 Å². The Labute approximate surface area is 91.8 Å². The van der Waals surface area contributed by atoms with Gasteiger partial charge in [0, 0.05) is 13.7 Å². The van der Waals surface area contributed by atoms with Gasteiger partial charge in [0.15, 0.2) is 0 Å². The van der Waals surface area contributed by atoms with E-state index in [-0.39, 0.29) is 11.9 Å². The Morgan fingerprint density at radius 3 is 2.93 bits per heavy atom. The molecule has 1 fully saturated rings. The summed E-state index contributed by atoms with van der Waals surface area (Å²) in [6, 6.07) is -0.000236. The van der Waals surface area contributed by atoms with Gasteiger partial charge in [-0.25, -0.2) is 0 Å². The second-order valence-electron chi connectivity index (χ2n) is 4.50. The van der Waals surface area contributed by atoms with Crippen LogP contribution in [0.15, 0.2) is 0 Å². The van der Waals surface area contributed by atoms with Gasteiger partial charge in [-0.1, -0.05) is 13.8 Å². The molecule has 4 nitrogen and oxygen atoms in total. The molecule has 0 saturated carbocycles. The predicted octanol–water partition coefficient (Wildman–Crippen LogP) is 0.383. The van der Waals surface area contributed by atoms with Gasteiger partial charge in [-0.3, -0.25) is 4.79 Å². The zero-order valence-electron chi connectivity index (χ0n) is 9.88. The summed E-state index contributed by atoms with van der Waals surface area (Å²) in [5.74, 6) is 0.946. The number of amides is 1. The molecule has 3 unspecified atom stereocenters. The highest BCUT2D eigenvalue weighted by Gasteiger charge is 2.28. The molecule has 3 atom stereocenters. The number of rotatable bonds is 5. The number of carbonyl (C=O) groups is 1. The summed E-state index contributed by atoms with van der Waals surface area (Å²) < 4.78 is 5.02. The third kappa shape index (κ3) is 3.80. The minimum atomic E-state index is -0.000236. The maximum atomic E-state index is 11.8. The fraction of sp³-hybridized carbons (Fsp3) is 0.909. The monoisotopic (exact) mass is 214 g/mol. The molecule has 0 aromatic heterocycles. The van der Waals surface area contributed by atoms with Gasteiger partial charge in [-0.15, -0.1) is 0 Å². The Morgan fingerprint density at radius 2 is 2.40 bits per heavy atom. The molecule has 88 valence electrons. The van der Waals surface area contributed by atoms with Gasteiger partial charge in [-0.05, 0) is 24.8 Å². The average molecular weight is 214 g/mol. The van der Waals surface area contributed by atoms with Crippen molar-refractivity contribution in [3.8, 4) is 0 Å². The first-order chi connectivity index (χ1) is 7.15. The van der Waals surface area contributed by atoms with Gasteiger partial charge in [0.05, 0.1) is 12.6 Å². The normalized spacial score (nSPS) is 27.7. The summed E-state index contributed by atoms with van der Waals surface area (Å²) in [6.07, 6.45) is 1.09. The van der Waals surface area contributed by atoms with Crippen LogP contribution < -0.4 is 10.6 Å². The minimum Gasteiger partial charge on any atom is -0.384 e. The minimum absolute atomic E-state index is 0.000236. The highest BCUT2D eigenvalue weighted by atomic mass is 16.5. The molecule has 0 aliphatic carbocycles. The first-order valence-corrected chi connectivity index (χ1v) is 5.65. The molecule has 0 radical (unpaired) electrons. The summed E-state index contributed by atoms with van der Waals surface area (Å²) in [6.45, 7) is 6.51. The SMILES string of the molecule is COCC(C)CNC(=O)C1NCCC1C. The number of nitrogens with one attached hydrogen (secondary N) is 2. The highest BCUT2D eigenvalue weighted by Crippen LogP contribution is 2.14. The molecule has 1 rings (SSSR count). The van der Waals surface area contributed by atoms with E-state index in [0.717, 1.165) is 13.0 Å². The van der Waals surface area contributed by atoms with Crippen LogP contribution in [0.5, 0.6) is 0 Å². The lowest BCUT2D eigenvalue weighted by molar-refractivity contribution is -0.123. The molecule has 1 aliphatic rings. The summed E-state index contributed by atoms with van der Waals surface area (Å²) >= 11 is 0. The van der Waals surface area contributed by atoms with Gasteiger partial charge in [0.2, 0.25) is 5.91 Å². The topological polar surface area (TPSA) is 50.4 Å². The summed E-state index contributed by atoms with van der Waals surface area (Å²) in [7, 11) is 1.68. The van der Waals surface area contributed by atoms with Crippen molar-refractivity contribution in [3.05, 3.63) is 0 Å². The van der Waals surface area contributed by atoms with E-state index in [1.165, 1.54) is 0 Å². The third-order valence-electron chi connectivity index (χ3n) is 2.89. The lowest BCUT2D eigenvalue weighted by Gasteiger charge is -2.17. The van der Waals surface area contributed by atoms with Crippen LogP contribution in [-0.2, 0) is 9.53 Å². The summed E-state index contributed by atoms with van der Waals surface area (Å²) in [4.78, 5) is 11.8. The fourth-order valence-corrected chi connectivity index (χ4v) is 1.91. The van der Waals surface area contributed by atoms with Crippen LogP contribution in [0.3, 0.4) is 0 Å². The maximum Gasteiger partial charge on any atom is 0.237 e. The molecule has 1 saturated heterocycles. The third-order valence-corrected chi connectivity index (χ3v) is 2.89. The number of hydrogen-bond acceptors (Lipinski definition) is 3. The lowest BCUT2D eigenvalue weighted by atomic mass is 10.0. The molecule has 0 bridgehead atoms. The van der Waals surface area contributed by atoms with Crippen LogP contribution in [0.4, 0.5) is 0 Å². The zero-order valence-corrected chi connectivity index (χ0v) is 9.88. The first-order valence-electron chi connectivity index (χ1n) is 5.65. The lowest BCUT2D eigenvalue weighted by Crippen LogP contribution is -2.44. The van der Waals surface area contributed by atoms with E-state index >= 15 is 0 Å². The number of methoxy groups -OCH3 is 1. The van der Waals surface area contributed by atoms with E-state index in [1.807, 2.05) is 0 Å². The Morgan fingerprint density at radius 1 is 1.67 bits per heavy atom. The number of hydrogen-bond donors (Lipinski definition) is 2. The van der Waals surface area contributed by atoms with Crippen molar-refractivity contribution in [2.24, 2.45) is 11.8 Å². The maximum absolute atomic E-state index is 11.8. The van der Waals surface area contributed by atoms with Crippen molar-refractivity contribution >= 4 is 5.91 Å². The van der Waals surface area contributed by atoms with Gasteiger partial charge in [0.25, 0.3) is 0 Å². The molecule has 0 spiro atoms. The summed E-state index contributed by atoms with van der Waals surface area (Å²) in [5.41, 5.74) is 0. The molecular formula is C11H22N2O2. The molecule has 15 heavy (non-hydrogen) atoms. The van der Waals surface area contributed by atoms with Gasteiger partial charge < -0.3 is 15.4 Å². The average Bonchev–Trinajstić information content (AvgIpc) is 2.61. The van der Waals surface area contributed by atoms with E-state index in [0.29, 0.717) is 25.0 Å². The smallest absolute Gasteiger partial charge is 0.237 e. The Balaban J connectivity index is 2.23. The van der Waals surface area contributed by atoms with Crippen molar-refractivity contribution in [3.63, 3.8) is 0 Å². The highest BCUT2D eigenvalue weighted by molar-refractivity contribution is 5.82. The van der Waals surface area contributed by atoms with Gasteiger partial charge in [-0.2, -0.15) is 0 Å². The Bertz CT molecular complexity index is 209. The molecule has 4 heteroatoms. The molecule has 1 amide bonds. The van der Waals surface area contributed by atoms with Crippen molar-refractivity contribution in [2.45, 2.75) is 26.3 Å². The van der Waals surface area contributed by atoms with Crippen molar-refractivity contribution < 1.29 is 9.53 Å².